The van der Waals surface area contributed by atoms with E-state index < -0.39 is 17.8 Å². The molecule has 0 unspecified atom stereocenters. The highest BCUT2D eigenvalue weighted by Gasteiger charge is 2.33. The van der Waals surface area contributed by atoms with Gasteiger partial charge < -0.3 is 0 Å². The molecule has 5 nitrogen and oxygen atoms in total. The fraction of sp³-hybridized carbons (Fsp3) is 0.0833. The summed E-state index contributed by atoms with van der Waals surface area (Å²) >= 11 is 3.32. The number of barbiturate groups is 1. The van der Waals surface area contributed by atoms with Crippen LogP contribution in [0.5, 0.6) is 0 Å². The summed E-state index contributed by atoms with van der Waals surface area (Å²) in [5, 5.41) is 2.09. The first-order valence-corrected chi connectivity index (χ1v) is 5.89. The highest BCUT2D eigenvalue weighted by Crippen LogP contribution is 2.20. The lowest BCUT2D eigenvalue weighted by atomic mass is 10.1. The van der Waals surface area contributed by atoms with Crippen LogP contribution in [0.1, 0.15) is 5.56 Å². The topological polar surface area (TPSA) is 66.5 Å². The lowest BCUT2D eigenvalue weighted by Crippen LogP contribution is -2.52. The van der Waals surface area contributed by atoms with E-state index >= 15 is 0 Å². The van der Waals surface area contributed by atoms with Crippen LogP contribution in [0.25, 0.3) is 6.08 Å². The third-order valence-corrected chi connectivity index (χ3v) is 3.23. The number of carbonyl (C=O) groups is 3. The average Bonchev–Trinajstić information content (AvgIpc) is 2.34. The molecule has 1 N–H and O–H groups in total. The Hall–Kier alpha value is -1.95. The number of rotatable bonds is 1. The van der Waals surface area contributed by atoms with Crippen molar-refractivity contribution in [1.82, 2.24) is 10.2 Å². The van der Waals surface area contributed by atoms with E-state index in [1.54, 1.807) is 18.2 Å². The minimum absolute atomic E-state index is 0.0657. The van der Waals surface area contributed by atoms with E-state index in [-0.39, 0.29) is 5.57 Å². The van der Waals surface area contributed by atoms with E-state index in [9.17, 15) is 14.4 Å². The second-order valence-corrected chi connectivity index (χ2v) is 4.56. The van der Waals surface area contributed by atoms with Crippen LogP contribution in [-0.4, -0.2) is 29.8 Å². The molecule has 0 radical (unpaired) electrons. The number of imide groups is 2. The van der Waals surface area contributed by atoms with Crippen LogP contribution in [0.3, 0.4) is 0 Å². The Kier molecular flexibility index (Phi) is 3.29. The molecule has 1 aromatic rings. The minimum Gasteiger partial charge on any atom is -0.273 e. The Morgan fingerprint density at radius 3 is 2.56 bits per heavy atom. The quantitative estimate of drug-likeness (QED) is 0.632. The van der Waals surface area contributed by atoms with Crippen LogP contribution in [0.4, 0.5) is 4.79 Å². The molecule has 92 valence electrons. The summed E-state index contributed by atoms with van der Waals surface area (Å²) in [5.74, 6) is -1.29. The number of nitrogens with zero attached hydrogens (tertiary/aromatic N) is 1. The summed E-state index contributed by atoms with van der Waals surface area (Å²) in [6, 6.07) is 6.46. The van der Waals surface area contributed by atoms with Crippen molar-refractivity contribution in [3.63, 3.8) is 0 Å². The molecule has 4 amide bonds. The van der Waals surface area contributed by atoms with E-state index in [2.05, 4.69) is 21.2 Å². The molecule has 1 aromatic carbocycles. The van der Waals surface area contributed by atoms with Gasteiger partial charge in [-0.05, 0) is 17.7 Å². The summed E-state index contributed by atoms with van der Waals surface area (Å²) in [6.07, 6.45) is 1.45. The second-order valence-electron chi connectivity index (χ2n) is 3.70. The van der Waals surface area contributed by atoms with Crippen LogP contribution in [0.15, 0.2) is 34.3 Å². The number of hydrogen-bond donors (Lipinski definition) is 1. The molecular weight excluding hydrogens is 300 g/mol. The number of benzene rings is 1. The Balaban J connectivity index is 2.44. The van der Waals surface area contributed by atoms with Gasteiger partial charge in [-0.2, -0.15) is 0 Å². The fourth-order valence-electron chi connectivity index (χ4n) is 1.49. The van der Waals surface area contributed by atoms with Crippen LogP contribution >= 0.6 is 15.9 Å². The zero-order valence-electron chi connectivity index (χ0n) is 9.44. The van der Waals surface area contributed by atoms with Gasteiger partial charge in [0, 0.05) is 11.5 Å². The second kappa shape index (κ2) is 4.73. The third kappa shape index (κ3) is 2.19. The first-order chi connectivity index (χ1) is 8.50. The summed E-state index contributed by atoms with van der Waals surface area (Å²) in [7, 11) is 1.32. The molecule has 0 aromatic heterocycles. The predicted molar refractivity (Wildman–Crippen MR) is 68.4 cm³/mol. The fourth-order valence-corrected chi connectivity index (χ4v) is 1.89. The van der Waals surface area contributed by atoms with Crippen molar-refractivity contribution in [2.45, 2.75) is 0 Å². The molecule has 1 aliphatic rings. The molecular formula is C12H9BrN2O3. The molecule has 1 saturated heterocycles. The van der Waals surface area contributed by atoms with Gasteiger partial charge in [0.05, 0.1) is 0 Å². The van der Waals surface area contributed by atoms with Gasteiger partial charge in [-0.25, -0.2) is 4.79 Å². The van der Waals surface area contributed by atoms with Crippen LogP contribution in [0.2, 0.25) is 0 Å². The number of urea groups is 1. The molecule has 1 aliphatic heterocycles. The maximum absolute atomic E-state index is 11.8. The van der Waals surface area contributed by atoms with Crippen molar-refractivity contribution in [3.05, 3.63) is 39.9 Å². The van der Waals surface area contributed by atoms with E-state index in [0.29, 0.717) is 5.56 Å². The molecule has 0 bridgehead atoms. The first kappa shape index (κ1) is 12.5. The monoisotopic (exact) mass is 308 g/mol. The predicted octanol–water partition coefficient (Wildman–Crippen LogP) is 1.54. The van der Waals surface area contributed by atoms with Crippen molar-refractivity contribution >= 4 is 39.9 Å². The van der Waals surface area contributed by atoms with Gasteiger partial charge in [0.25, 0.3) is 11.8 Å². The molecule has 2 rings (SSSR count). The number of hydrogen-bond acceptors (Lipinski definition) is 3. The maximum atomic E-state index is 11.8. The van der Waals surface area contributed by atoms with Crippen molar-refractivity contribution in [1.29, 1.82) is 0 Å². The van der Waals surface area contributed by atoms with Gasteiger partial charge in [0.15, 0.2) is 0 Å². The van der Waals surface area contributed by atoms with Crippen LogP contribution < -0.4 is 5.32 Å². The number of amides is 4. The highest BCUT2D eigenvalue weighted by atomic mass is 79.9. The number of nitrogens with one attached hydrogen (secondary N) is 1. The van der Waals surface area contributed by atoms with Gasteiger partial charge in [0.1, 0.15) is 5.57 Å². The summed E-state index contributed by atoms with van der Waals surface area (Å²) in [6.45, 7) is 0. The first-order valence-electron chi connectivity index (χ1n) is 5.10. The van der Waals surface area contributed by atoms with Gasteiger partial charge in [-0.15, -0.1) is 0 Å². The van der Waals surface area contributed by atoms with Gasteiger partial charge in [-0.3, -0.25) is 19.8 Å². The van der Waals surface area contributed by atoms with Gasteiger partial charge in [-0.1, -0.05) is 34.1 Å². The van der Waals surface area contributed by atoms with Crippen molar-refractivity contribution in [2.75, 3.05) is 7.05 Å². The Labute approximate surface area is 112 Å². The number of likely N-dealkylation sites (N-methyl/N-ethyl adjacent to an activating group) is 1. The van der Waals surface area contributed by atoms with Crippen molar-refractivity contribution < 1.29 is 14.4 Å². The molecule has 18 heavy (non-hydrogen) atoms. The average molecular weight is 309 g/mol. The molecule has 6 heteroatoms. The van der Waals surface area contributed by atoms with E-state index in [1.807, 2.05) is 6.07 Å². The molecule has 0 atom stereocenters. The molecule has 0 aliphatic carbocycles. The summed E-state index contributed by atoms with van der Waals surface area (Å²) in [4.78, 5) is 35.5. The van der Waals surface area contributed by atoms with Crippen molar-refractivity contribution in [3.8, 4) is 0 Å². The Bertz CT molecular complexity index is 580. The summed E-state index contributed by atoms with van der Waals surface area (Å²) < 4.78 is 0.762. The Morgan fingerprint density at radius 1 is 1.22 bits per heavy atom. The number of carbonyl (C=O) groups excluding carboxylic acids is 3. The standard InChI is InChI=1S/C12H9BrN2O3/c1-15-11(17)8(10(16)14-12(15)18)6-7-4-2-3-5-9(7)13/h2-6H,1H3,(H,14,16,18)/b8-6-. The lowest BCUT2D eigenvalue weighted by molar-refractivity contribution is -0.129. The van der Waals surface area contributed by atoms with Crippen molar-refractivity contribution in [2.24, 2.45) is 0 Å². The highest BCUT2D eigenvalue weighted by molar-refractivity contribution is 9.10. The minimum atomic E-state index is -0.714. The Morgan fingerprint density at radius 2 is 1.89 bits per heavy atom. The SMILES string of the molecule is CN1C(=O)NC(=O)/C(=C/c2ccccc2Br)C1=O. The third-order valence-electron chi connectivity index (χ3n) is 2.51. The normalized spacial score (nSPS) is 18.2. The molecule has 1 heterocycles. The van der Waals surface area contributed by atoms with Gasteiger partial charge in [0.2, 0.25) is 0 Å². The van der Waals surface area contributed by atoms with Crippen LogP contribution in [0, 0.1) is 0 Å². The largest absolute Gasteiger partial charge is 0.331 e. The molecule has 0 saturated carbocycles. The van der Waals surface area contributed by atoms with E-state index in [0.717, 1.165) is 9.37 Å². The smallest absolute Gasteiger partial charge is 0.273 e. The zero-order chi connectivity index (χ0) is 13.3. The zero-order valence-corrected chi connectivity index (χ0v) is 11.0. The van der Waals surface area contributed by atoms with Crippen LogP contribution in [-0.2, 0) is 9.59 Å². The number of halogens is 1. The summed E-state index contributed by atoms with van der Waals surface area (Å²) in [5.41, 5.74) is 0.628. The van der Waals surface area contributed by atoms with E-state index in [1.165, 1.54) is 13.1 Å². The van der Waals surface area contributed by atoms with E-state index in [4.69, 9.17) is 0 Å². The van der Waals surface area contributed by atoms with Gasteiger partial charge >= 0.3 is 6.03 Å². The molecule has 0 spiro atoms. The maximum Gasteiger partial charge on any atom is 0.331 e. The lowest BCUT2D eigenvalue weighted by Gasteiger charge is -2.22. The molecule has 1 fully saturated rings.